The average molecular weight is 166 g/mol. The van der Waals surface area contributed by atoms with Gasteiger partial charge < -0.3 is 10.1 Å². The zero-order chi connectivity index (χ0) is 8.55. The molecule has 2 rings (SSSR count). The summed E-state index contributed by atoms with van der Waals surface area (Å²) >= 11 is 0. The van der Waals surface area contributed by atoms with Crippen LogP contribution >= 0.6 is 0 Å². The minimum Gasteiger partial charge on any atom is -0.359 e. The van der Waals surface area contributed by atoms with Crippen molar-refractivity contribution in [3.63, 3.8) is 0 Å². The van der Waals surface area contributed by atoms with Gasteiger partial charge in [-0.05, 0) is 0 Å². The van der Waals surface area contributed by atoms with E-state index >= 15 is 0 Å². The molecule has 0 aromatic rings. The second-order valence-electron chi connectivity index (χ2n) is 2.86. The van der Waals surface area contributed by atoms with E-state index in [2.05, 4.69) is 10.3 Å². The van der Waals surface area contributed by atoms with Crippen LogP contribution in [0.3, 0.4) is 0 Å². The Balaban J connectivity index is 2.22. The van der Waals surface area contributed by atoms with E-state index in [-0.39, 0.29) is 12.1 Å². The molecule has 4 heteroatoms. The van der Waals surface area contributed by atoms with Gasteiger partial charge in [-0.15, -0.1) is 0 Å². The molecule has 1 saturated heterocycles. The van der Waals surface area contributed by atoms with Crippen LogP contribution < -0.4 is 5.32 Å². The number of amides is 1. The molecule has 0 aliphatic carbocycles. The Labute approximate surface area is 70.3 Å². The number of nitrogens with zero attached hydrogens (tertiary/aromatic N) is 1. The normalized spacial score (nSPS) is 27.4. The molecule has 1 atom stereocenters. The molecule has 1 fully saturated rings. The highest BCUT2D eigenvalue weighted by Crippen LogP contribution is 2.19. The summed E-state index contributed by atoms with van der Waals surface area (Å²) in [4.78, 5) is 15.1. The van der Waals surface area contributed by atoms with Crippen molar-refractivity contribution in [1.29, 1.82) is 0 Å². The van der Waals surface area contributed by atoms with Crippen molar-refractivity contribution in [2.75, 3.05) is 7.11 Å². The second kappa shape index (κ2) is 2.71. The van der Waals surface area contributed by atoms with E-state index in [0.717, 1.165) is 12.0 Å². The van der Waals surface area contributed by atoms with Gasteiger partial charge in [0.05, 0.1) is 6.42 Å². The van der Waals surface area contributed by atoms with Crippen molar-refractivity contribution < 1.29 is 9.53 Å². The van der Waals surface area contributed by atoms with Crippen LogP contribution in [0, 0.1) is 0 Å². The maximum absolute atomic E-state index is 10.9. The highest BCUT2D eigenvalue weighted by atomic mass is 16.5. The highest BCUT2D eigenvalue weighted by molar-refractivity contribution is 6.16. The highest BCUT2D eigenvalue weighted by Gasteiger charge is 2.25. The maximum Gasteiger partial charge on any atom is 0.230 e. The molecule has 0 aromatic heterocycles. The number of carbonyl (C=O) groups is 1. The Morgan fingerprint density at radius 1 is 1.75 bits per heavy atom. The molecule has 2 heterocycles. The van der Waals surface area contributed by atoms with Gasteiger partial charge in [0.2, 0.25) is 5.91 Å². The summed E-state index contributed by atoms with van der Waals surface area (Å²) in [6.07, 6.45) is 3.12. The van der Waals surface area contributed by atoms with Crippen LogP contribution in [0.15, 0.2) is 16.6 Å². The molecule has 0 spiro atoms. The first kappa shape index (κ1) is 7.49. The van der Waals surface area contributed by atoms with Crippen LogP contribution in [-0.2, 0) is 9.53 Å². The number of dihydropyridines is 1. The first-order valence-electron chi connectivity index (χ1n) is 3.89. The lowest BCUT2D eigenvalue weighted by atomic mass is 10.1. The number of nitrogens with one attached hydrogen (secondary N) is 1. The summed E-state index contributed by atoms with van der Waals surface area (Å²) in [5, 5.41) is 2.68. The van der Waals surface area contributed by atoms with Crippen molar-refractivity contribution >= 4 is 11.7 Å². The number of fused-ring (bicyclic) bond motifs is 1. The predicted molar refractivity (Wildman–Crippen MR) is 43.7 cm³/mol. The number of aliphatic imine (C=N–C) groups is 1. The third-order valence-corrected chi connectivity index (χ3v) is 2.02. The lowest BCUT2D eigenvalue weighted by molar-refractivity contribution is -0.118. The van der Waals surface area contributed by atoms with Crippen molar-refractivity contribution in [3.05, 3.63) is 11.6 Å². The number of methoxy groups -OCH3 is 1. The fraction of sp³-hybridized carbons (Fsp3) is 0.500. The van der Waals surface area contributed by atoms with Gasteiger partial charge in [-0.1, -0.05) is 6.08 Å². The molecule has 0 radical (unpaired) electrons. The van der Waals surface area contributed by atoms with Crippen molar-refractivity contribution in [2.24, 2.45) is 4.99 Å². The van der Waals surface area contributed by atoms with E-state index in [9.17, 15) is 4.79 Å². The third-order valence-electron chi connectivity index (χ3n) is 2.02. The van der Waals surface area contributed by atoms with Crippen LogP contribution in [0.1, 0.15) is 12.8 Å². The van der Waals surface area contributed by atoms with E-state index in [1.54, 1.807) is 7.11 Å². The fourth-order valence-electron chi connectivity index (χ4n) is 1.39. The maximum atomic E-state index is 10.9. The van der Waals surface area contributed by atoms with Crippen LogP contribution in [0.4, 0.5) is 0 Å². The first-order chi connectivity index (χ1) is 5.79. The standard InChI is InChI=1S/C8H10N2O2/c1-12-7-3-2-5-4-6(11)9-8(5)10-7/h2,7H,3-4H2,1H3,(H,9,10,11). The van der Waals surface area contributed by atoms with Gasteiger partial charge in [-0.3, -0.25) is 4.79 Å². The Hall–Kier alpha value is -1.16. The number of carbonyl (C=O) groups excluding carboxylic acids is 1. The van der Waals surface area contributed by atoms with Gasteiger partial charge in [0.1, 0.15) is 5.84 Å². The van der Waals surface area contributed by atoms with Crippen molar-refractivity contribution in [2.45, 2.75) is 19.1 Å². The van der Waals surface area contributed by atoms with Gasteiger partial charge >= 0.3 is 0 Å². The lowest BCUT2D eigenvalue weighted by Gasteiger charge is -2.14. The van der Waals surface area contributed by atoms with Crippen LogP contribution in [0.25, 0.3) is 0 Å². The van der Waals surface area contributed by atoms with E-state index in [1.807, 2.05) is 6.08 Å². The Kier molecular flexibility index (Phi) is 1.69. The molecule has 1 amide bonds. The van der Waals surface area contributed by atoms with Crippen molar-refractivity contribution in [1.82, 2.24) is 5.32 Å². The molecule has 64 valence electrons. The topological polar surface area (TPSA) is 50.7 Å². The molecule has 1 unspecified atom stereocenters. The number of amidine groups is 1. The van der Waals surface area contributed by atoms with Crippen LogP contribution in [-0.4, -0.2) is 25.1 Å². The van der Waals surface area contributed by atoms with E-state index < -0.39 is 0 Å². The molecule has 12 heavy (non-hydrogen) atoms. The molecular weight excluding hydrogens is 156 g/mol. The van der Waals surface area contributed by atoms with Gasteiger partial charge in [0, 0.05) is 19.1 Å². The second-order valence-corrected chi connectivity index (χ2v) is 2.86. The Morgan fingerprint density at radius 3 is 3.33 bits per heavy atom. The molecule has 0 aromatic carbocycles. The van der Waals surface area contributed by atoms with Crippen LogP contribution in [0.5, 0.6) is 0 Å². The minimum absolute atomic E-state index is 0.0248. The summed E-state index contributed by atoms with van der Waals surface area (Å²) in [5.74, 6) is 0.717. The summed E-state index contributed by atoms with van der Waals surface area (Å²) in [7, 11) is 1.62. The Morgan fingerprint density at radius 2 is 2.58 bits per heavy atom. The largest absolute Gasteiger partial charge is 0.359 e. The fourth-order valence-corrected chi connectivity index (χ4v) is 1.39. The summed E-state index contributed by atoms with van der Waals surface area (Å²) < 4.78 is 5.05. The first-order valence-corrected chi connectivity index (χ1v) is 3.89. The van der Waals surface area contributed by atoms with Gasteiger partial charge in [0.15, 0.2) is 6.23 Å². The monoisotopic (exact) mass is 166 g/mol. The molecule has 0 bridgehead atoms. The Bertz CT molecular complexity index is 281. The summed E-state index contributed by atoms with van der Waals surface area (Å²) in [6.45, 7) is 0. The summed E-state index contributed by atoms with van der Waals surface area (Å²) in [5.41, 5.74) is 1.01. The summed E-state index contributed by atoms with van der Waals surface area (Å²) in [6, 6.07) is 0. The zero-order valence-corrected chi connectivity index (χ0v) is 6.83. The van der Waals surface area contributed by atoms with Crippen molar-refractivity contribution in [3.8, 4) is 0 Å². The van der Waals surface area contributed by atoms with Crippen LogP contribution in [0.2, 0.25) is 0 Å². The van der Waals surface area contributed by atoms with Gasteiger partial charge in [-0.25, -0.2) is 4.99 Å². The van der Waals surface area contributed by atoms with E-state index in [4.69, 9.17) is 4.74 Å². The number of hydrogen-bond donors (Lipinski definition) is 1. The number of ether oxygens (including phenoxy) is 1. The molecule has 4 nitrogen and oxygen atoms in total. The van der Waals surface area contributed by atoms with Gasteiger partial charge in [-0.2, -0.15) is 0 Å². The average Bonchev–Trinajstić information content (AvgIpc) is 2.43. The quantitative estimate of drug-likeness (QED) is 0.605. The number of hydrogen-bond acceptors (Lipinski definition) is 3. The minimum atomic E-state index is -0.123. The molecule has 1 N–H and O–H groups in total. The zero-order valence-electron chi connectivity index (χ0n) is 6.83. The molecule has 2 aliphatic rings. The third kappa shape index (κ3) is 1.14. The van der Waals surface area contributed by atoms with E-state index in [0.29, 0.717) is 12.3 Å². The van der Waals surface area contributed by atoms with Gasteiger partial charge in [0.25, 0.3) is 0 Å². The number of rotatable bonds is 1. The van der Waals surface area contributed by atoms with E-state index in [1.165, 1.54) is 0 Å². The molecule has 0 saturated carbocycles. The lowest BCUT2D eigenvalue weighted by Crippen LogP contribution is -2.25. The smallest absolute Gasteiger partial charge is 0.230 e. The predicted octanol–water partition coefficient (Wildman–Crippen LogP) is 0.207. The molecule has 2 aliphatic heterocycles. The molecular formula is C8H10N2O2. The SMILES string of the molecule is COC1CC=C2CC(=O)NC2=N1.